The Morgan fingerprint density at radius 2 is 1.62 bits per heavy atom. The molecule has 0 spiro atoms. The van der Waals surface area contributed by atoms with E-state index in [0.717, 1.165) is 24.0 Å². The molecular formula is C31H53N. The smallest absolute Gasteiger partial charge is 0.0174 e. The molecule has 2 fully saturated rings. The van der Waals surface area contributed by atoms with E-state index in [9.17, 15) is 0 Å². The first-order chi connectivity index (χ1) is 15.0. The molecule has 0 aliphatic heterocycles. The summed E-state index contributed by atoms with van der Waals surface area (Å²) in [7, 11) is 0. The predicted molar refractivity (Wildman–Crippen MR) is 144 cm³/mol. The Morgan fingerprint density at radius 3 is 2.19 bits per heavy atom. The largest absolute Gasteiger partial charge is 0.327 e. The van der Waals surface area contributed by atoms with Crippen LogP contribution in [0.25, 0.3) is 0 Å². The van der Waals surface area contributed by atoms with Gasteiger partial charge >= 0.3 is 0 Å². The Morgan fingerprint density at radius 1 is 1.00 bits per heavy atom. The lowest BCUT2D eigenvalue weighted by Gasteiger charge is -2.44. The van der Waals surface area contributed by atoms with Crippen molar-refractivity contribution in [2.45, 2.75) is 98.8 Å². The van der Waals surface area contributed by atoms with Gasteiger partial charge in [0.2, 0.25) is 0 Å². The van der Waals surface area contributed by atoms with Gasteiger partial charge < -0.3 is 5.73 Å². The van der Waals surface area contributed by atoms with Crippen molar-refractivity contribution in [3.63, 3.8) is 0 Å². The SMILES string of the molecule is C=C(CN)C(=C)C(CC(=C)C1CC(C(=C)C(C)C2(C)CCCCC2)CCC1C)CC(C)C. The van der Waals surface area contributed by atoms with Gasteiger partial charge in [0, 0.05) is 6.54 Å². The van der Waals surface area contributed by atoms with Gasteiger partial charge in [-0.2, -0.15) is 0 Å². The maximum atomic E-state index is 5.90. The lowest BCUT2D eigenvalue weighted by Crippen LogP contribution is -2.34. The van der Waals surface area contributed by atoms with E-state index in [1.807, 2.05) is 0 Å². The van der Waals surface area contributed by atoms with Crippen molar-refractivity contribution < 1.29 is 0 Å². The lowest BCUT2D eigenvalue weighted by atomic mass is 9.61. The van der Waals surface area contributed by atoms with Gasteiger partial charge in [0.25, 0.3) is 0 Å². The molecule has 1 nitrogen and oxygen atoms in total. The molecule has 2 saturated carbocycles. The van der Waals surface area contributed by atoms with E-state index in [1.54, 1.807) is 0 Å². The Kier molecular flexibility index (Phi) is 10.1. The highest BCUT2D eigenvalue weighted by Crippen LogP contribution is 2.50. The summed E-state index contributed by atoms with van der Waals surface area (Å²) in [4.78, 5) is 0. The van der Waals surface area contributed by atoms with E-state index in [-0.39, 0.29) is 0 Å². The zero-order chi connectivity index (χ0) is 24.1. The topological polar surface area (TPSA) is 26.0 Å². The summed E-state index contributed by atoms with van der Waals surface area (Å²) in [5.41, 5.74) is 11.4. The molecule has 2 aliphatic carbocycles. The zero-order valence-electron chi connectivity index (χ0n) is 22.1. The average molecular weight is 440 g/mol. The first-order valence-electron chi connectivity index (χ1n) is 13.4. The van der Waals surface area contributed by atoms with Gasteiger partial charge in [-0.25, -0.2) is 0 Å². The van der Waals surface area contributed by atoms with E-state index < -0.39 is 0 Å². The van der Waals surface area contributed by atoms with Gasteiger partial charge in [-0.15, -0.1) is 0 Å². The molecule has 32 heavy (non-hydrogen) atoms. The molecule has 2 N–H and O–H groups in total. The maximum Gasteiger partial charge on any atom is 0.0174 e. The third-order valence-corrected chi connectivity index (χ3v) is 9.30. The molecule has 2 aliphatic rings. The van der Waals surface area contributed by atoms with E-state index in [4.69, 9.17) is 12.3 Å². The summed E-state index contributed by atoms with van der Waals surface area (Å²) in [5.74, 6) is 3.60. The fourth-order valence-electron chi connectivity index (χ4n) is 6.63. The van der Waals surface area contributed by atoms with Crippen molar-refractivity contribution in [2.75, 3.05) is 6.54 Å². The Labute approximate surface area is 200 Å². The van der Waals surface area contributed by atoms with Crippen LogP contribution in [0.3, 0.4) is 0 Å². The molecule has 0 radical (unpaired) electrons. The third-order valence-electron chi connectivity index (χ3n) is 9.30. The number of hydrogen-bond donors (Lipinski definition) is 1. The van der Waals surface area contributed by atoms with Crippen LogP contribution in [0.4, 0.5) is 0 Å². The first-order valence-corrected chi connectivity index (χ1v) is 13.4. The normalized spacial score (nSPS) is 27.5. The van der Waals surface area contributed by atoms with Crippen LogP contribution in [0.15, 0.2) is 48.6 Å². The molecule has 0 saturated heterocycles. The summed E-state index contributed by atoms with van der Waals surface area (Å²) in [6, 6.07) is 0. The number of allylic oxidation sites excluding steroid dienone is 2. The second-order valence-electron chi connectivity index (χ2n) is 12.1. The zero-order valence-corrected chi connectivity index (χ0v) is 22.1. The minimum Gasteiger partial charge on any atom is -0.327 e. The Balaban J connectivity index is 2.09. The number of rotatable bonds is 11. The maximum absolute atomic E-state index is 5.90. The standard InChI is InChI=1S/C31H53N/c1-21(2)17-29(25(6)24(5)20-32)18-23(4)30-19-28(14-13-22(30)3)26(7)27(8)31(9)15-11-10-12-16-31/h21-22,27-30H,4-7,10-20,32H2,1-3,8-9H3. The summed E-state index contributed by atoms with van der Waals surface area (Å²) >= 11 is 0. The summed E-state index contributed by atoms with van der Waals surface area (Å²) < 4.78 is 0. The molecule has 0 bridgehead atoms. The minimum absolute atomic E-state index is 0.411. The fraction of sp³-hybridized carbons (Fsp3) is 0.742. The monoisotopic (exact) mass is 439 g/mol. The second kappa shape index (κ2) is 11.9. The molecule has 0 aromatic heterocycles. The van der Waals surface area contributed by atoms with Gasteiger partial charge in [0.1, 0.15) is 0 Å². The van der Waals surface area contributed by atoms with Crippen molar-refractivity contribution in [3.05, 3.63) is 48.6 Å². The van der Waals surface area contributed by atoms with E-state index >= 15 is 0 Å². The van der Waals surface area contributed by atoms with Crippen LogP contribution in [0.5, 0.6) is 0 Å². The predicted octanol–water partition coefficient (Wildman–Crippen LogP) is 8.88. The summed E-state index contributed by atoms with van der Waals surface area (Å²) in [5, 5.41) is 0. The first kappa shape index (κ1) is 27.2. The van der Waals surface area contributed by atoms with Gasteiger partial charge in [0.05, 0.1) is 0 Å². The molecule has 2 rings (SSSR count). The van der Waals surface area contributed by atoms with Crippen molar-refractivity contribution in [1.82, 2.24) is 0 Å². The molecule has 5 atom stereocenters. The second-order valence-corrected chi connectivity index (χ2v) is 12.1. The molecule has 0 heterocycles. The molecule has 0 aromatic rings. The van der Waals surface area contributed by atoms with Crippen molar-refractivity contribution in [1.29, 1.82) is 0 Å². The summed E-state index contributed by atoms with van der Waals surface area (Å²) in [6.07, 6.45) is 12.9. The molecule has 1 heteroatoms. The number of nitrogens with two attached hydrogens (primary N) is 1. The van der Waals surface area contributed by atoms with E-state index in [0.29, 0.717) is 47.5 Å². The molecule has 5 unspecified atom stereocenters. The van der Waals surface area contributed by atoms with E-state index in [2.05, 4.69) is 54.4 Å². The van der Waals surface area contributed by atoms with Crippen LogP contribution in [-0.4, -0.2) is 6.54 Å². The highest BCUT2D eigenvalue weighted by atomic mass is 14.5. The van der Waals surface area contributed by atoms with Crippen molar-refractivity contribution in [2.24, 2.45) is 46.7 Å². The Bertz CT molecular complexity index is 675. The minimum atomic E-state index is 0.411. The molecular weight excluding hydrogens is 386 g/mol. The van der Waals surface area contributed by atoms with Crippen molar-refractivity contribution >= 4 is 0 Å². The van der Waals surface area contributed by atoms with Gasteiger partial charge in [-0.05, 0) is 97.0 Å². The lowest BCUT2D eigenvalue weighted by molar-refractivity contribution is 0.134. The third kappa shape index (κ3) is 6.72. The van der Waals surface area contributed by atoms with Crippen LogP contribution in [0.1, 0.15) is 98.8 Å². The number of hydrogen-bond acceptors (Lipinski definition) is 1. The highest BCUT2D eigenvalue weighted by molar-refractivity contribution is 5.30. The van der Waals surface area contributed by atoms with E-state index in [1.165, 1.54) is 62.5 Å². The van der Waals surface area contributed by atoms with Gasteiger partial charge in [-0.3, -0.25) is 0 Å². The molecule has 182 valence electrons. The molecule has 0 aromatic carbocycles. The van der Waals surface area contributed by atoms with Gasteiger partial charge in [-0.1, -0.05) is 91.3 Å². The summed E-state index contributed by atoms with van der Waals surface area (Å²) in [6.45, 7) is 30.4. The van der Waals surface area contributed by atoms with Gasteiger partial charge in [0.15, 0.2) is 0 Å². The van der Waals surface area contributed by atoms with Crippen LogP contribution >= 0.6 is 0 Å². The Hall–Kier alpha value is -1.08. The fourth-order valence-corrected chi connectivity index (χ4v) is 6.63. The molecule has 0 amide bonds. The van der Waals surface area contributed by atoms with Crippen LogP contribution in [-0.2, 0) is 0 Å². The quantitative estimate of drug-likeness (QED) is 0.252. The van der Waals surface area contributed by atoms with Crippen LogP contribution < -0.4 is 5.73 Å². The van der Waals surface area contributed by atoms with Crippen LogP contribution in [0.2, 0.25) is 0 Å². The average Bonchev–Trinajstić information content (AvgIpc) is 2.76. The highest BCUT2D eigenvalue weighted by Gasteiger charge is 2.38. The van der Waals surface area contributed by atoms with Crippen LogP contribution in [0, 0.1) is 40.9 Å². The van der Waals surface area contributed by atoms with Crippen molar-refractivity contribution in [3.8, 4) is 0 Å².